The third-order valence-electron chi connectivity index (χ3n) is 5.14. The number of carboxylic acid groups (broad SMARTS) is 2. The lowest BCUT2D eigenvalue weighted by atomic mass is 9.99. The molecule has 1 aromatic carbocycles. The zero-order chi connectivity index (χ0) is 20.3. The van der Waals surface area contributed by atoms with Crippen LogP contribution in [0.2, 0.25) is 0 Å². The molecule has 3 atom stereocenters. The maximum absolute atomic E-state index is 12.9. The van der Waals surface area contributed by atoms with Gasteiger partial charge >= 0.3 is 11.9 Å². The van der Waals surface area contributed by atoms with Crippen molar-refractivity contribution in [1.29, 1.82) is 0 Å². The van der Waals surface area contributed by atoms with E-state index in [4.69, 9.17) is 0 Å². The number of aliphatic carboxylic acids is 2. The van der Waals surface area contributed by atoms with Crippen molar-refractivity contribution >= 4 is 23.8 Å². The third kappa shape index (κ3) is 4.14. The molecule has 0 aliphatic carbocycles. The smallest absolute Gasteiger partial charge is 0.328 e. The minimum Gasteiger partial charge on any atom is -0.480 e. The number of carboxylic acids is 2. The van der Waals surface area contributed by atoms with Crippen molar-refractivity contribution in [3.63, 3.8) is 0 Å². The monoisotopic (exact) mass is 389 g/mol. The van der Waals surface area contributed by atoms with Gasteiger partial charge in [-0.05, 0) is 31.2 Å². The molecule has 3 N–H and O–H groups in total. The van der Waals surface area contributed by atoms with Crippen LogP contribution in [0.1, 0.15) is 31.2 Å². The van der Waals surface area contributed by atoms with Crippen molar-refractivity contribution in [3.05, 3.63) is 35.9 Å². The summed E-state index contributed by atoms with van der Waals surface area (Å²) in [5.74, 6) is -3.25. The van der Waals surface area contributed by atoms with Gasteiger partial charge in [0.25, 0.3) is 5.91 Å². The lowest BCUT2D eigenvalue weighted by Gasteiger charge is -2.47. The molecule has 0 aromatic heterocycles. The zero-order valence-corrected chi connectivity index (χ0v) is 15.3. The standard InChI is InChI=1S/C19H23N3O6/c23-16-11-14(17(24)22-15(19(27)28)7-4-10-21(16)22)20-13(18(25)26)9-8-12-5-2-1-3-6-12/h1-3,5-6,13-15,20H,4,7-11H2,(H,25,26)(H,27,28)/t13?,14-,15?/m0/s1. The molecule has 0 radical (unpaired) electrons. The molecule has 9 heteroatoms. The van der Waals surface area contributed by atoms with Crippen LogP contribution in [0.15, 0.2) is 30.3 Å². The van der Waals surface area contributed by atoms with Crippen molar-refractivity contribution < 1.29 is 29.4 Å². The number of aryl methyl sites for hydroxylation is 1. The predicted octanol–water partition coefficient (Wildman–Crippen LogP) is 0.254. The van der Waals surface area contributed by atoms with E-state index in [0.717, 1.165) is 10.6 Å². The van der Waals surface area contributed by atoms with E-state index in [1.165, 1.54) is 5.01 Å². The summed E-state index contributed by atoms with van der Waals surface area (Å²) in [5.41, 5.74) is 0.967. The molecule has 9 nitrogen and oxygen atoms in total. The molecule has 2 fully saturated rings. The summed E-state index contributed by atoms with van der Waals surface area (Å²) >= 11 is 0. The quantitative estimate of drug-likeness (QED) is 0.610. The normalized spacial score (nSPS) is 23.3. The molecule has 2 heterocycles. The Kier molecular flexibility index (Phi) is 5.93. The van der Waals surface area contributed by atoms with E-state index in [2.05, 4.69) is 5.32 Å². The van der Waals surface area contributed by atoms with E-state index in [0.29, 0.717) is 12.8 Å². The van der Waals surface area contributed by atoms with Crippen molar-refractivity contribution in [2.75, 3.05) is 6.54 Å². The SMILES string of the molecule is O=C(O)C(CCc1ccccc1)N[C@H]1CC(=O)N2CCCC(C(=O)O)N2C1=O. The Hall–Kier alpha value is -2.94. The Labute approximate surface area is 161 Å². The van der Waals surface area contributed by atoms with Crippen LogP contribution in [-0.4, -0.2) is 68.7 Å². The molecule has 0 saturated carbocycles. The van der Waals surface area contributed by atoms with Crippen LogP contribution in [0.4, 0.5) is 0 Å². The lowest BCUT2D eigenvalue weighted by molar-refractivity contribution is -0.190. The van der Waals surface area contributed by atoms with E-state index in [1.54, 1.807) is 0 Å². The first-order valence-electron chi connectivity index (χ1n) is 9.27. The topological polar surface area (TPSA) is 127 Å². The summed E-state index contributed by atoms with van der Waals surface area (Å²) in [6, 6.07) is 6.17. The Balaban J connectivity index is 1.72. The second-order valence-corrected chi connectivity index (χ2v) is 7.03. The van der Waals surface area contributed by atoms with Crippen LogP contribution in [0.5, 0.6) is 0 Å². The molecule has 150 valence electrons. The molecule has 2 amide bonds. The average Bonchev–Trinajstić information content (AvgIpc) is 2.68. The Morgan fingerprint density at radius 1 is 1.18 bits per heavy atom. The van der Waals surface area contributed by atoms with E-state index in [9.17, 15) is 29.4 Å². The second-order valence-electron chi connectivity index (χ2n) is 7.03. The van der Waals surface area contributed by atoms with Gasteiger partial charge in [-0.25, -0.2) is 9.80 Å². The molecule has 2 aliphatic heterocycles. The van der Waals surface area contributed by atoms with Crippen molar-refractivity contribution in [2.24, 2.45) is 0 Å². The van der Waals surface area contributed by atoms with Crippen LogP contribution >= 0.6 is 0 Å². The molecule has 2 unspecified atom stereocenters. The van der Waals surface area contributed by atoms with Crippen molar-refractivity contribution in [1.82, 2.24) is 15.3 Å². The Bertz CT molecular complexity index is 762. The molecular formula is C19H23N3O6. The van der Waals surface area contributed by atoms with Crippen LogP contribution in [0, 0.1) is 0 Å². The average molecular weight is 389 g/mol. The van der Waals surface area contributed by atoms with Crippen LogP contribution in [-0.2, 0) is 25.6 Å². The maximum Gasteiger partial charge on any atom is 0.328 e. The van der Waals surface area contributed by atoms with Crippen molar-refractivity contribution in [3.8, 4) is 0 Å². The number of benzene rings is 1. The summed E-state index contributed by atoms with van der Waals surface area (Å²) < 4.78 is 0. The molecule has 2 saturated heterocycles. The zero-order valence-electron chi connectivity index (χ0n) is 15.3. The van der Waals surface area contributed by atoms with Gasteiger partial charge in [-0.15, -0.1) is 0 Å². The van der Waals surface area contributed by atoms with Crippen LogP contribution in [0.25, 0.3) is 0 Å². The van der Waals surface area contributed by atoms with E-state index < -0.39 is 36.0 Å². The molecule has 1 aromatic rings. The van der Waals surface area contributed by atoms with Gasteiger partial charge in [-0.1, -0.05) is 30.3 Å². The van der Waals surface area contributed by atoms with Crippen LogP contribution < -0.4 is 5.32 Å². The second kappa shape index (κ2) is 8.39. The number of nitrogens with one attached hydrogen (secondary N) is 1. The fourth-order valence-corrected chi connectivity index (χ4v) is 3.71. The van der Waals surface area contributed by atoms with Gasteiger partial charge in [0.15, 0.2) is 6.04 Å². The number of hydrogen-bond acceptors (Lipinski definition) is 5. The number of hydrogen-bond donors (Lipinski definition) is 3. The highest BCUT2D eigenvalue weighted by molar-refractivity contribution is 5.96. The number of rotatable bonds is 7. The van der Waals surface area contributed by atoms with Gasteiger partial charge in [0.1, 0.15) is 6.04 Å². The number of hydrazine groups is 1. The van der Waals surface area contributed by atoms with E-state index in [1.807, 2.05) is 30.3 Å². The fourth-order valence-electron chi connectivity index (χ4n) is 3.71. The Morgan fingerprint density at radius 2 is 1.89 bits per heavy atom. The minimum atomic E-state index is -1.18. The molecule has 2 aliphatic rings. The first-order valence-corrected chi connectivity index (χ1v) is 9.27. The molecule has 0 bridgehead atoms. The van der Waals surface area contributed by atoms with Gasteiger partial charge in [0, 0.05) is 6.54 Å². The first-order chi connectivity index (χ1) is 13.4. The summed E-state index contributed by atoms with van der Waals surface area (Å²) in [5, 5.41) is 23.9. The van der Waals surface area contributed by atoms with E-state index >= 15 is 0 Å². The fraction of sp³-hybridized carbons (Fsp3) is 0.474. The van der Waals surface area contributed by atoms with Gasteiger partial charge in [-0.2, -0.15) is 0 Å². The number of nitrogens with zero attached hydrogens (tertiary/aromatic N) is 2. The summed E-state index contributed by atoms with van der Waals surface area (Å²) in [6.07, 6.45) is 1.31. The highest BCUT2D eigenvalue weighted by Crippen LogP contribution is 2.25. The molecular weight excluding hydrogens is 366 g/mol. The largest absolute Gasteiger partial charge is 0.480 e. The number of carbonyl (C=O) groups is 4. The minimum absolute atomic E-state index is 0.184. The maximum atomic E-state index is 12.9. The van der Waals surface area contributed by atoms with Crippen LogP contribution in [0.3, 0.4) is 0 Å². The highest BCUT2D eigenvalue weighted by atomic mass is 16.4. The molecule has 28 heavy (non-hydrogen) atoms. The summed E-state index contributed by atoms with van der Waals surface area (Å²) in [7, 11) is 0. The molecule has 0 spiro atoms. The summed E-state index contributed by atoms with van der Waals surface area (Å²) in [4.78, 5) is 48.5. The summed E-state index contributed by atoms with van der Waals surface area (Å²) in [6.45, 7) is 0.289. The highest BCUT2D eigenvalue weighted by Gasteiger charge is 2.47. The van der Waals surface area contributed by atoms with Crippen molar-refractivity contribution in [2.45, 2.75) is 50.2 Å². The van der Waals surface area contributed by atoms with Gasteiger partial charge in [0.05, 0.1) is 12.5 Å². The number of fused-ring (bicyclic) bond motifs is 1. The number of carbonyl (C=O) groups excluding carboxylic acids is 2. The van der Waals surface area contributed by atoms with Gasteiger partial charge in [0.2, 0.25) is 5.91 Å². The number of amides is 2. The van der Waals surface area contributed by atoms with Gasteiger partial charge < -0.3 is 10.2 Å². The third-order valence-corrected chi connectivity index (χ3v) is 5.14. The predicted molar refractivity (Wildman–Crippen MR) is 96.9 cm³/mol. The molecule has 3 rings (SSSR count). The van der Waals surface area contributed by atoms with E-state index in [-0.39, 0.29) is 31.7 Å². The Morgan fingerprint density at radius 3 is 2.54 bits per heavy atom. The lowest BCUT2D eigenvalue weighted by Crippen LogP contribution is -2.68. The van der Waals surface area contributed by atoms with Gasteiger partial charge in [-0.3, -0.25) is 24.7 Å². The first kappa shape index (κ1) is 19.8.